The standard InChI is InChI=1S/C17H20N2O2/c1-11-7-4-5-10-16(11)21-13(3)17(20)19-15-9-6-8-14(18)12(15)2/h4-10,13H,18H2,1-3H3,(H,19,20)/t13-/m0/s1. The molecule has 0 aliphatic heterocycles. The second-order valence-corrected chi connectivity index (χ2v) is 5.03. The quantitative estimate of drug-likeness (QED) is 0.847. The number of amides is 1. The molecular formula is C17H20N2O2. The Morgan fingerprint density at radius 3 is 2.57 bits per heavy atom. The number of nitrogens with two attached hydrogens (primary N) is 1. The van der Waals surface area contributed by atoms with Gasteiger partial charge < -0.3 is 15.8 Å². The Balaban J connectivity index is 2.06. The van der Waals surface area contributed by atoms with Gasteiger partial charge in [-0.1, -0.05) is 24.3 Å². The number of aryl methyl sites for hydroxylation is 1. The molecule has 21 heavy (non-hydrogen) atoms. The van der Waals surface area contributed by atoms with E-state index < -0.39 is 6.10 Å². The van der Waals surface area contributed by atoms with E-state index in [1.165, 1.54) is 0 Å². The highest BCUT2D eigenvalue weighted by Gasteiger charge is 2.16. The van der Waals surface area contributed by atoms with E-state index in [2.05, 4.69) is 5.32 Å². The summed E-state index contributed by atoms with van der Waals surface area (Å²) in [7, 11) is 0. The van der Waals surface area contributed by atoms with Gasteiger partial charge in [0.1, 0.15) is 5.75 Å². The van der Waals surface area contributed by atoms with Gasteiger partial charge in [0.05, 0.1) is 0 Å². The zero-order valence-electron chi connectivity index (χ0n) is 12.5. The Hall–Kier alpha value is -2.49. The minimum absolute atomic E-state index is 0.202. The van der Waals surface area contributed by atoms with Crippen LogP contribution in [-0.2, 0) is 4.79 Å². The lowest BCUT2D eigenvalue weighted by Gasteiger charge is -2.17. The molecule has 0 radical (unpaired) electrons. The minimum Gasteiger partial charge on any atom is -0.481 e. The molecule has 3 N–H and O–H groups in total. The molecule has 4 heteroatoms. The first kappa shape index (κ1) is 14.9. The second-order valence-electron chi connectivity index (χ2n) is 5.03. The molecule has 0 saturated carbocycles. The molecule has 1 atom stereocenters. The average Bonchev–Trinajstić information content (AvgIpc) is 2.46. The zero-order valence-corrected chi connectivity index (χ0v) is 12.5. The lowest BCUT2D eigenvalue weighted by Crippen LogP contribution is -2.30. The number of nitrogens with one attached hydrogen (secondary N) is 1. The van der Waals surface area contributed by atoms with E-state index in [0.717, 1.165) is 11.1 Å². The number of anilines is 2. The molecule has 2 rings (SSSR count). The summed E-state index contributed by atoms with van der Waals surface area (Å²) in [6, 6.07) is 13.1. The van der Waals surface area contributed by atoms with Gasteiger partial charge in [-0.3, -0.25) is 4.79 Å². The third-order valence-corrected chi connectivity index (χ3v) is 3.40. The molecule has 0 bridgehead atoms. The molecule has 0 fully saturated rings. The summed E-state index contributed by atoms with van der Waals surface area (Å²) in [6.07, 6.45) is -0.591. The van der Waals surface area contributed by atoms with E-state index in [9.17, 15) is 4.79 Å². The first-order valence-electron chi connectivity index (χ1n) is 6.87. The monoisotopic (exact) mass is 284 g/mol. The van der Waals surface area contributed by atoms with Crippen molar-refractivity contribution < 1.29 is 9.53 Å². The van der Waals surface area contributed by atoms with Gasteiger partial charge in [-0.25, -0.2) is 0 Å². The highest BCUT2D eigenvalue weighted by molar-refractivity contribution is 5.95. The minimum atomic E-state index is -0.591. The Bertz CT molecular complexity index is 653. The number of benzene rings is 2. The van der Waals surface area contributed by atoms with E-state index in [1.54, 1.807) is 13.0 Å². The second kappa shape index (κ2) is 6.31. The van der Waals surface area contributed by atoms with Crippen LogP contribution < -0.4 is 15.8 Å². The molecular weight excluding hydrogens is 264 g/mol. The van der Waals surface area contributed by atoms with Gasteiger partial charge in [-0.05, 0) is 50.1 Å². The van der Waals surface area contributed by atoms with Crippen molar-refractivity contribution in [2.45, 2.75) is 26.9 Å². The maximum Gasteiger partial charge on any atom is 0.265 e. The maximum atomic E-state index is 12.2. The number of ether oxygens (including phenoxy) is 1. The van der Waals surface area contributed by atoms with Crippen LogP contribution in [0.3, 0.4) is 0 Å². The molecule has 0 aliphatic rings. The largest absolute Gasteiger partial charge is 0.481 e. The average molecular weight is 284 g/mol. The molecule has 2 aromatic rings. The van der Waals surface area contributed by atoms with Gasteiger partial charge in [0.15, 0.2) is 6.10 Å². The Kier molecular flexibility index (Phi) is 4.48. The van der Waals surface area contributed by atoms with Gasteiger partial charge in [0, 0.05) is 11.4 Å². The molecule has 0 aliphatic carbocycles. The summed E-state index contributed by atoms with van der Waals surface area (Å²) in [5.74, 6) is 0.511. The maximum absolute atomic E-state index is 12.2. The summed E-state index contributed by atoms with van der Waals surface area (Å²) in [4.78, 5) is 12.2. The molecule has 0 aromatic heterocycles. The number of hydrogen-bond acceptors (Lipinski definition) is 3. The fourth-order valence-corrected chi connectivity index (χ4v) is 1.96. The molecule has 110 valence electrons. The van der Waals surface area contributed by atoms with Crippen LogP contribution in [0.2, 0.25) is 0 Å². The fraction of sp³-hybridized carbons (Fsp3) is 0.235. The van der Waals surface area contributed by atoms with Crippen LogP contribution in [0.1, 0.15) is 18.1 Å². The SMILES string of the molecule is Cc1ccccc1O[C@@H](C)C(=O)Nc1cccc(N)c1C. The molecule has 0 unspecified atom stereocenters. The van der Waals surface area contributed by atoms with Crippen molar-refractivity contribution in [1.82, 2.24) is 0 Å². The van der Waals surface area contributed by atoms with E-state index in [-0.39, 0.29) is 5.91 Å². The van der Waals surface area contributed by atoms with Gasteiger partial charge in [0.2, 0.25) is 0 Å². The normalized spacial score (nSPS) is 11.8. The topological polar surface area (TPSA) is 64.3 Å². The molecule has 0 saturated heterocycles. The van der Waals surface area contributed by atoms with Crippen LogP contribution in [0.25, 0.3) is 0 Å². The van der Waals surface area contributed by atoms with Gasteiger partial charge >= 0.3 is 0 Å². The number of rotatable bonds is 4. The van der Waals surface area contributed by atoms with Crippen molar-refractivity contribution in [3.8, 4) is 5.75 Å². The summed E-state index contributed by atoms with van der Waals surface area (Å²) in [6.45, 7) is 5.54. The Labute approximate surface area is 124 Å². The van der Waals surface area contributed by atoms with Crippen LogP contribution in [0.5, 0.6) is 5.75 Å². The molecule has 0 spiro atoms. The van der Waals surface area contributed by atoms with Gasteiger partial charge in [0.25, 0.3) is 5.91 Å². The third kappa shape index (κ3) is 3.54. The Morgan fingerprint density at radius 1 is 1.14 bits per heavy atom. The van der Waals surface area contributed by atoms with Crippen molar-refractivity contribution in [1.29, 1.82) is 0 Å². The van der Waals surface area contributed by atoms with E-state index in [4.69, 9.17) is 10.5 Å². The van der Waals surface area contributed by atoms with Crippen molar-refractivity contribution >= 4 is 17.3 Å². The summed E-state index contributed by atoms with van der Waals surface area (Å²) in [5.41, 5.74) is 9.05. The van der Waals surface area contributed by atoms with Gasteiger partial charge in [-0.15, -0.1) is 0 Å². The number of para-hydroxylation sites is 1. The summed E-state index contributed by atoms with van der Waals surface area (Å²) in [5, 5.41) is 2.85. The van der Waals surface area contributed by atoms with Gasteiger partial charge in [-0.2, -0.15) is 0 Å². The van der Waals surface area contributed by atoms with Crippen molar-refractivity contribution in [3.63, 3.8) is 0 Å². The van der Waals surface area contributed by atoms with Crippen LogP contribution in [-0.4, -0.2) is 12.0 Å². The summed E-state index contributed by atoms with van der Waals surface area (Å²) < 4.78 is 5.71. The third-order valence-electron chi connectivity index (χ3n) is 3.40. The number of hydrogen-bond donors (Lipinski definition) is 2. The number of carbonyl (C=O) groups excluding carboxylic acids is 1. The lowest BCUT2D eigenvalue weighted by molar-refractivity contribution is -0.122. The van der Waals surface area contributed by atoms with Crippen molar-refractivity contribution in [3.05, 3.63) is 53.6 Å². The molecule has 0 heterocycles. The molecule has 4 nitrogen and oxygen atoms in total. The first-order valence-corrected chi connectivity index (χ1v) is 6.87. The molecule has 2 aromatic carbocycles. The Morgan fingerprint density at radius 2 is 1.86 bits per heavy atom. The fourth-order valence-electron chi connectivity index (χ4n) is 1.96. The van der Waals surface area contributed by atoms with Crippen LogP contribution >= 0.6 is 0 Å². The van der Waals surface area contributed by atoms with Crippen LogP contribution in [0.4, 0.5) is 11.4 Å². The smallest absolute Gasteiger partial charge is 0.265 e. The van der Waals surface area contributed by atoms with Crippen molar-refractivity contribution in [2.24, 2.45) is 0 Å². The number of nitrogen functional groups attached to an aromatic ring is 1. The predicted octanol–water partition coefficient (Wildman–Crippen LogP) is 3.29. The summed E-state index contributed by atoms with van der Waals surface area (Å²) >= 11 is 0. The predicted molar refractivity (Wildman–Crippen MR) is 85.5 cm³/mol. The van der Waals surface area contributed by atoms with Crippen molar-refractivity contribution in [2.75, 3.05) is 11.1 Å². The van der Waals surface area contributed by atoms with E-state index >= 15 is 0 Å². The zero-order chi connectivity index (χ0) is 15.4. The van der Waals surface area contributed by atoms with Crippen LogP contribution in [0, 0.1) is 13.8 Å². The van der Waals surface area contributed by atoms with E-state index in [1.807, 2.05) is 50.2 Å². The highest BCUT2D eigenvalue weighted by atomic mass is 16.5. The first-order chi connectivity index (χ1) is 9.99. The lowest BCUT2D eigenvalue weighted by atomic mass is 10.1. The highest BCUT2D eigenvalue weighted by Crippen LogP contribution is 2.22. The molecule has 1 amide bonds. The number of carbonyl (C=O) groups is 1. The van der Waals surface area contributed by atoms with E-state index in [0.29, 0.717) is 17.1 Å². The van der Waals surface area contributed by atoms with Crippen LogP contribution in [0.15, 0.2) is 42.5 Å².